The zero-order valence-electron chi connectivity index (χ0n) is 14.4. The molecule has 2 heterocycles. The van der Waals surface area contributed by atoms with Gasteiger partial charge in [-0.2, -0.15) is 0 Å². The zero-order valence-corrected chi connectivity index (χ0v) is 15.2. The second-order valence-electron chi connectivity index (χ2n) is 6.28. The summed E-state index contributed by atoms with van der Waals surface area (Å²) < 4.78 is 15.8. The fraction of sp³-hybridized carbons (Fsp3) is 0.158. The maximum Gasteiger partial charge on any atom is 0.274 e. The summed E-state index contributed by atoms with van der Waals surface area (Å²) in [6.45, 7) is 1.25. The van der Waals surface area contributed by atoms with Crippen LogP contribution in [0.3, 0.4) is 0 Å². The second kappa shape index (κ2) is 6.71. The Morgan fingerprint density at radius 3 is 2.63 bits per heavy atom. The van der Waals surface area contributed by atoms with Crippen LogP contribution >= 0.6 is 11.8 Å². The summed E-state index contributed by atoms with van der Waals surface area (Å²) in [4.78, 5) is 27.4. The van der Waals surface area contributed by atoms with E-state index in [1.54, 1.807) is 47.8 Å². The van der Waals surface area contributed by atoms with Crippen molar-refractivity contribution in [1.82, 2.24) is 14.9 Å². The SMILES string of the molecule is CN1CCn2c(c(Sc3ccc(C(=O)NO)cc3)c3cc(F)ccc32)C1=O. The molecule has 1 aliphatic heterocycles. The molecule has 2 amide bonds. The van der Waals surface area contributed by atoms with E-state index in [-0.39, 0.29) is 11.7 Å². The molecule has 0 aliphatic carbocycles. The highest BCUT2D eigenvalue weighted by Gasteiger charge is 2.29. The van der Waals surface area contributed by atoms with Gasteiger partial charge in [-0.25, -0.2) is 9.87 Å². The molecule has 0 radical (unpaired) electrons. The summed E-state index contributed by atoms with van der Waals surface area (Å²) in [7, 11) is 1.75. The van der Waals surface area contributed by atoms with Gasteiger partial charge in [0.15, 0.2) is 0 Å². The van der Waals surface area contributed by atoms with E-state index in [0.29, 0.717) is 34.6 Å². The Morgan fingerprint density at radius 2 is 1.93 bits per heavy atom. The van der Waals surface area contributed by atoms with E-state index < -0.39 is 5.91 Å². The molecule has 1 aromatic heterocycles. The quantitative estimate of drug-likeness (QED) is 0.537. The van der Waals surface area contributed by atoms with Crippen molar-refractivity contribution in [2.45, 2.75) is 16.3 Å². The van der Waals surface area contributed by atoms with Crippen LogP contribution in [0.4, 0.5) is 4.39 Å². The average Bonchev–Trinajstić information content (AvgIpc) is 2.98. The van der Waals surface area contributed by atoms with Gasteiger partial charge < -0.3 is 9.47 Å². The van der Waals surface area contributed by atoms with Crippen LogP contribution in [-0.2, 0) is 6.54 Å². The van der Waals surface area contributed by atoms with Crippen molar-refractivity contribution in [1.29, 1.82) is 0 Å². The van der Waals surface area contributed by atoms with E-state index in [9.17, 15) is 14.0 Å². The lowest BCUT2D eigenvalue weighted by atomic mass is 10.2. The number of rotatable bonds is 3. The summed E-state index contributed by atoms with van der Waals surface area (Å²) in [6.07, 6.45) is 0. The third kappa shape index (κ3) is 2.96. The topological polar surface area (TPSA) is 74.6 Å². The number of hydrogen-bond donors (Lipinski definition) is 2. The van der Waals surface area contributed by atoms with Crippen LogP contribution in [-0.4, -0.2) is 40.1 Å². The molecule has 138 valence electrons. The van der Waals surface area contributed by atoms with Crippen LogP contribution in [0.15, 0.2) is 52.3 Å². The first-order valence-corrected chi connectivity index (χ1v) is 9.11. The first kappa shape index (κ1) is 17.6. The fourth-order valence-corrected chi connectivity index (χ4v) is 4.31. The van der Waals surface area contributed by atoms with Crippen molar-refractivity contribution in [2.24, 2.45) is 0 Å². The van der Waals surface area contributed by atoms with Gasteiger partial charge in [0.05, 0.1) is 10.4 Å². The third-order valence-corrected chi connectivity index (χ3v) is 5.75. The molecule has 2 N–H and O–H groups in total. The van der Waals surface area contributed by atoms with Crippen molar-refractivity contribution >= 4 is 34.5 Å². The van der Waals surface area contributed by atoms with Crippen LogP contribution in [0.5, 0.6) is 0 Å². The largest absolute Gasteiger partial charge is 0.339 e. The van der Waals surface area contributed by atoms with Crippen LogP contribution in [0.1, 0.15) is 20.8 Å². The minimum Gasteiger partial charge on any atom is -0.339 e. The molecular weight excluding hydrogens is 369 g/mol. The van der Waals surface area contributed by atoms with E-state index in [0.717, 1.165) is 10.4 Å². The Morgan fingerprint density at radius 1 is 1.19 bits per heavy atom. The van der Waals surface area contributed by atoms with Crippen molar-refractivity contribution in [3.63, 3.8) is 0 Å². The molecule has 27 heavy (non-hydrogen) atoms. The lowest BCUT2D eigenvalue weighted by molar-refractivity contribution is 0.0705. The smallest absolute Gasteiger partial charge is 0.274 e. The maximum atomic E-state index is 13.9. The number of benzene rings is 2. The summed E-state index contributed by atoms with van der Waals surface area (Å²) in [5.41, 5.74) is 3.27. The summed E-state index contributed by atoms with van der Waals surface area (Å²) in [5, 5.41) is 9.40. The third-order valence-electron chi connectivity index (χ3n) is 4.63. The normalized spacial score (nSPS) is 13.7. The van der Waals surface area contributed by atoms with Gasteiger partial charge in [0.2, 0.25) is 0 Å². The molecule has 8 heteroatoms. The fourth-order valence-electron chi connectivity index (χ4n) is 3.23. The van der Waals surface area contributed by atoms with Crippen molar-refractivity contribution in [2.75, 3.05) is 13.6 Å². The van der Waals surface area contributed by atoms with Crippen LogP contribution in [0.2, 0.25) is 0 Å². The Hall–Kier alpha value is -2.84. The number of halogens is 1. The van der Waals surface area contributed by atoms with E-state index in [1.165, 1.54) is 23.9 Å². The Labute approximate surface area is 158 Å². The first-order chi connectivity index (χ1) is 13.0. The van der Waals surface area contributed by atoms with Gasteiger partial charge in [-0.15, -0.1) is 0 Å². The molecule has 0 bridgehead atoms. The van der Waals surface area contributed by atoms with E-state index in [1.807, 2.05) is 4.57 Å². The van der Waals surface area contributed by atoms with Crippen LogP contribution in [0.25, 0.3) is 10.9 Å². The highest BCUT2D eigenvalue weighted by Crippen LogP contribution is 2.40. The van der Waals surface area contributed by atoms with Crippen molar-refractivity contribution in [3.05, 3.63) is 59.5 Å². The zero-order chi connectivity index (χ0) is 19.1. The second-order valence-corrected chi connectivity index (χ2v) is 7.37. The standard InChI is InChI=1S/C19H16FN3O3S/c1-22-8-9-23-15-7-4-12(20)10-14(15)17(16(23)19(22)25)27-13-5-2-11(3-6-13)18(24)21-26/h2-7,10,26H,8-9H2,1H3,(H,21,24). The van der Waals surface area contributed by atoms with Crippen molar-refractivity contribution in [3.8, 4) is 0 Å². The summed E-state index contributed by atoms with van der Waals surface area (Å²) in [6, 6.07) is 11.1. The molecule has 1 aliphatic rings. The molecule has 3 aromatic rings. The molecule has 0 saturated carbocycles. The lowest BCUT2D eigenvalue weighted by Gasteiger charge is -2.25. The molecular formula is C19H16FN3O3S. The molecule has 0 fully saturated rings. The van der Waals surface area contributed by atoms with Gasteiger partial charge in [0.25, 0.3) is 11.8 Å². The van der Waals surface area contributed by atoms with Gasteiger partial charge in [0.1, 0.15) is 11.5 Å². The highest BCUT2D eigenvalue weighted by atomic mass is 32.2. The number of likely N-dealkylation sites (N-methyl/N-ethyl adjacent to an activating group) is 1. The number of aromatic nitrogens is 1. The minimum atomic E-state index is -0.600. The van der Waals surface area contributed by atoms with Gasteiger partial charge in [-0.1, -0.05) is 11.8 Å². The van der Waals surface area contributed by atoms with Gasteiger partial charge in [0, 0.05) is 36.0 Å². The molecule has 0 atom stereocenters. The predicted molar refractivity (Wildman–Crippen MR) is 98.7 cm³/mol. The number of carbonyl (C=O) groups is 2. The number of carbonyl (C=O) groups excluding carboxylic acids is 2. The molecule has 0 spiro atoms. The van der Waals surface area contributed by atoms with Crippen LogP contribution < -0.4 is 5.48 Å². The summed E-state index contributed by atoms with van der Waals surface area (Å²) >= 11 is 1.35. The Balaban J connectivity index is 1.82. The van der Waals surface area contributed by atoms with Gasteiger partial charge >= 0.3 is 0 Å². The lowest BCUT2D eigenvalue weighted by Crippen LogP contribution is -2.37. The number of hydroxylamine groups is 1. The number of hydrogen-bond acceptors (Lipinski definition) is 4. The van der Waals surface area contributed by atoms with E-state index in [4.69, 9.17) is 5.21 Å². The Kier molecular flexibility index (Phi) is 4.37. The number of fused-ring (bicyclic) bond motifs is 3. The first-order valence-electron chi connectivity index (χ1n) is 8.29. The molecule has 0 saturated heterocycles. The number of nitrogens with one attached hydrogen (secondary N) is 1. The van der Waals surface area contributed by atoms with Gasteiger partial charge in [-0.05, 0) is 42.5 Å². The summed E-state index contributed by atoms with van der Waals surface area (Å²) in [5.74, 6) is -1.06. The number of nitrogens with zero attached hydrogens (tertiary/aromatic N) is 2. The Bertz CT molecular complexity index is 1060. The van der Waals surface area contributed by atoms with Crippen molar-refractivity contribution < 1.29 is 19.2 Å². The van der Waals surface area contributed by atoms with Gasteiger partial charge in [-0.3, -0.25) is 14.8 Å². The average molecular weight is 385 g/mol. The molecule has 0 unspecified atom stereocenters. The maximum absolute atomic E-state index is 13.9. The highest BCUT2D eigenvalue weighted by molar-refractivity contribution is 7.99. The number of amides is 2. The molecule has 6 nitrogen and oxygen atoms in total. The van der Waals surface area contributed by atoms with Crippen LogP contribution in [0, 0.1) is 5.82 Å². The van der Waals surface area contributed by atoms with E-state index in [2.05, 4.69) is 0 Å². The van der Waals surface area contributed by atoms with E-state index >= 15 is 0 Å². The molecule has 2 aromatic carbocycles. The molecule has 4 rings (SSSR count). The predicted octanol–water partition coefficient (Wildman–Crippen LogP) is 3.14. The minimum absolute atomic E-state index is 0.100. The monoisotopic (exact) mass is 385 g/mol.